The maximum Gasteiger partial charge on any atom is 0.206 e. The van der Waals surface area contributed by atoms with E-state index < -0.39 is 18.2 Å². The van der Waals surface area contributed by atoms with Crippen LogP contribution in [0.1, 0.15) is 129 Å². The second-order valence-corrected chi connectivity index (χ2v) is 22.8. The molecule has 0 radical (unpaired) electrons. The zero-order valence-corrected chi connectivity index (χ0v) is 37.5. The first-order chi connectivity index (χ1) is 26.0. The minimum Gasteiger partial charge on any atom is -0.494 e. The molecule has 7 heteroatoms. The van der Waals surface area contributed by atoms with Gasteiger partial charge in [-0.15, -0.1) is 0 Å². The normalized spacial score (nSPS) is 12.2. The lowest BCUT2D eigenvalue weighted by atomic mass is 9.78. The van der Waals surface area contributed by atoms with E-state index in [0.29, 0.717) is 18.1 Å². The third kappa shape index (κ3) is 15.2. The Labute approximate surface area is 336 Å². The first kappa shape index (κ1) is 46.0. The smallest absolute Gasteiger partial charge is 0.206 e. The standard InChI is InChI=1S/C40H52O5SSi.C8H18/c1-9-10-30-47(7,8)45-39(3,4)28-11-29-43-34-18-14-32(15-19-34)40(5,6)33-16-20-35(21-17-33)44-36-22-26-38(27-23-36)46(41,42)37-24-12-31(2)13-25-37;1-3-5-7-8-6-4-2/h12-27H,9-11,28-30H2,1-8H3;3-8H2,1-2H3. The van der Waals surface area contributed by atoms with Crippen LogP contribution in [0.5, 0.6) is 17.2 Å². The van der Waals surface area contributed by atoms with E-state index in [1.54, 1.807) is 48.5 Å². The van der Waals surface area contributed by atoms with Crippen molar-refractivity contribution in [3.05, 3.63) is 114 Å². The molecular weight excluding hydrogens is 717 g/mol. The summed E-state index contributed by atoms with van der Waals surface area (Å²) < 4.78 is 44.7. The maximum atomic E-state index is 13.0. The van der Waals surface area contributed by atoms with Crippen molar-refractivity contribution in [3.63, 3.8) is 0 Å². The summed E-state index contributed by atoms with van der Waals surface area (Å²) in [5, 5.41) is 0. The van der Waals surface area contributed by atoms with Crippen LogP contribution in [0.25, 0.3) is 0 Å². The molecule has 4 aromatic carbocycles. The summed E-state index contributed by atoms with van der Waals surface area (Å²) in [5.41, 5.74) is 3.01. The Balaban J connectivity index is 0.000000912. The van der Waals surface area contributed by atoms with E-state index >= 15 is 0 Å². The highest BCUT2D eigenvalue weighted by atomic mass is 32.2. The molecule has 0 heterocycles. The van der Waals surface area contributed by atoms with Gasteiger partial charge in [0.15, 0.2) is 8.32 Å². The fourth-order valence-electron chi connectivity index (χ4n) is 6.74. The Morgan fingerprint density at radius 3 is 1.47 bits per heavy atom. The van der Waals surface area contributed by atoms with Gasteiger partial charge in [0.1, 0.15) is 17.2 Å². The lowest BCUT2D eigenvalue weighted by Crippen LogP contribution is -2.41. The Hall–Kier alpha value is -3.39. The SMILES string of the molecule is CCCCCCCC.CCCC[Si](C)(C)OC(C)(C)CCCOc1ccc(C(C)(C)c2ccc(Oc3ccc(S(=O)(=O)c4ccc(C)cc4)cc3)cc2)cc1. The average molecular weight is 787 g/mol. The molecule has 0 saturated carbocycles. The summed E-state index contributed by atoms with van der Waals surface area (Å²) in [6.07, 6.45) is 12.9. The van der Waals surface area contributed by atoms with Crippen molar-refractivity contribution >= 4 is 18.2 Å². The predicted octanol–water partition coefficient (Wildman–Crippen LogP) is 14.3. The van der Waals surface area contributed by atoms with Gasteiger partial charge in [0, 0.05) is 5.41 Å². The Morgan fingerprint density at radius 2 is 1.00 bits per heavy atom. The zero-order chi connectivity index (χ0) is 40.5. The summed E-state index contributed by atoms with van der Waals surface area (Å²) in [6.45, 7) is 22.8. The third-order valence-electron chi connectivity index (χ3n) is 10.2. The molecule has 0 amide bonds. The van der Waals surface area contributed by atoms with Crippen molar-refractivity contribution in [1.82, 2.24) is 0 Å². The van der Waals surface area contributed by atoms with Crippen LogP contribution < -0.4 is 9.47 Å². The van der Waals surface area contributed by atoms with E-state index in [1.807, 2.05) is 19.1 Å². The minimum absolute atomic E-state index is 0.128. The van der Waals surface area contributed by atoms with Gasteiger partial charge < -0.3 is 13.9 Å². The van der Waals surface area contributed by atoms with E-state index in [0.717, 1.165) is 29.7 Å². The molecule has 0 aliphatic heterocycles. The summed E-state index contributed by atoms with van der Waals surface area (Å²) in [7, 11) is -5.23. The quantitative estimate of drug-likeness (QED) is 0.0622. The Kier molecular flexibility index (Phi) is 18.2. The van der Waals surface area contributed by atoms with Gasteiger partial charge in [-0.25, -0.2) is 8.42 Å². The summed E-state index contributed by atoms with van der Waals surface area (Å²) >= 11 is 0. The lowest BCUT2D eigenvalue weighted by molar-refractivity contribution is 0.0813. The molecule has 0 spiro atoms. The molecule has 0 saturated heterocycles. The fraction of sp³-hybridized carbons (Fsp3) is 0.500. The average Bonchev–Trinajstić information content (AvgIpc) is 3.15. The zero-order valence-electron chi connectivity index (χ0n) is 35.7. The molecule has 55 heavy (non-hydrogen) atoms. The molecule has 4 aromatic rings. The molecule has 0 aliphatic carbocycles. The highest BCUT2D eigenvalue weighted by Crippen LogP contribution is 2.35. The first-order valence-electron chi connectivity index (χ1n) is 20.7. The van der Waals surface area contributed by atoms with E-state index in [1.165, 1.54) is 63.0 Å². The van der Waals surface area contributed by atoms with Crippen molar-refractivity contribution in [3.8, 4) is 17.2 Å². The number of rotatable bonds is 21. The van der Waals surface area contributed by atoms with E-state index in [-0.39, 0.29) is 20.8 Å². The molecule has 4 rings (SSSR count). The van der Waals surface area contributed by atoms with Crippen molar-refractivity contribution in [2.24, 2.45) is 0 Å². The molecule has 0 fully saturated rings. The molecule has 0 aliphatic rings. The van der Waals surface area contributed by atoms with Gasteiger partial charge in [0.25, 0.3) is 0 Å². The highest BCUT2D eigenvalue weighted by Gasteiger charge is 2.30. The Bertz CT molecular complexity index is 1770. The molecule has 0 bridgehead atoms. The third-order valence-corrected chi connectivity index (χ3v) is 14.6. The van der Waals surface area contributed by atoms with Crippen LogP contribution in [0.4, 0.5) is 0 Å². The summed E-state index contributed by atoms with van der Waals surface area (Å²) in [5.74, 6) is 2.13. The van der Waals surface area contributed by atoms with Gasteiger partial charge in [-0.05, 0) is 125 Å². The molecule has 0 atom stereocenters. The van der Waals surface area contributed by atoms with Crippen molar-refractivity contribution in [1.29, 1.82) is 0 Å². The van der Waals surface area contributed by atoms with Gasteiger partial charge in [-0.1, -0.05) is 128 Å². The molecular formula is C48H70O5SSi. The van der Waals surface area contributed by atoms with Crippen LogP contribution in [-0.2, 0) is 19.7 Å². The molecule has 0 N–H and O–H groups in total. The van der Waals surface area contributed by atoms with Crippen LogP contribution >= 0.6 is 0 Å². The number of hydrogen-bond acceptors (Lipinski definition) is 5. The van der Waals surface area contributed by atoms with Gasteiger partial charge in [0.05, 0.1) is 22.0 Å². The first-order valence-corrected chi connectivity index (χ1v) is 25.3. The Morgan fingerprint density at radius 1 is 0.564 bits per heavy atom. The second-order valence-electron chi connectivity index (χ2n) is 16.7. The topological polar surface area (TPSA) is 61.8 Å². The molecule has 5 nitrogen and oxygen atoms in total. The number of ether oxygens (including phenoxy) is 2. The number of aryl methyl sites for hydroxylation is 1. The van der Waals surface area contributed by atoms with E-state index in [2.05, 4.69) is 98.0 Å². The number of hydrogen-bond donors (Lipinski definition) is 0. The van der Waals surface area contributed by atoms with Gasteiger partial charge in [0.2, 0.25) is 9.84 Å². The van der Waals surface area contributed by atoms with E-state index in [4.69, 9.17) is 13.9 Å². The second kappa shape index (κ2) is 21.8. The van der Waals surface area contributed by atoms with Gasteiger partial charge in [-0.3, -0.25) is 0 Å². The largest absolute Gasteiger partial charge is 0.494 e. The van der Waals surface area contributed by atoms with Crippen LogP contribution in [0, 0.1) is 6.92 Å². The molecule has 0 aromatic heterocycles. The molecule has 0 unspecified atom stereocenters. The van der Waals surface area contributed by atoms with Crippen LogP contribution in [0.2, 0.25) is 19.1 Å². The minimum atomic E-state index is -3.58. The number of unbranched alkanes of at least 4 members (excludes halogenated alkanes) is 6. The fourth-order valence-corrected chi connectivity index (χ4v) is 10.9. The maximum absolute atomic E-state index is 13.0. The van der Waals surface area contributed by atoms with Gasteiger partial charge >= 0.3 is 0 Å². The van der Waals surface area contributed by atoms with E-state index in [9.17, 15) is 8.42 Å². The summed E-state index contributed by atoms with van der Waals surface area (Å²) in [4.78, 5) is 0.514. The predicted molar refractivity (Wildman–Crippen MR) is 234 cm³/mol. The highest BCUT2D eigenvalue weighted by molar-refractivity contribution is 7.91. The van der Waals surface area contributed by atoms with Crippen molar-refractivity contribution in [2.75, 3.05) is 6.61 Å². The van der Waals surface area contributed by atoms with Crippen molar-refractivity contribution < 1.29 is 22.3 Å². The monoisotopic (exact) mass is 786 g/mol. The van der Waals surface area contributed by atoms with Crippen LogP contribution in [-0.4, -0.2) is 28.9 Å². The van der Waals surface area contributed by atoms with Gasteiger partial charge in [-0.2, -0.15) is 0 Å². The number of benzene rings is 4. The summed E-state index contributed by atoms with van der Waals surface area (Å²) in [6, 6.07) is 31.1. The number of sulfone groups is 1. The molecule has 302 valence electrons. The van der Waals surface area contributed by atoms with Crippen LogP contribution in [0.3, 0.4) is 0 Å². The lowest BCUT2D eigenvalue weighted by Gasteiger charge is -2.35. The van der Waals surface area contributed by atoms with Crippen LogP contribution in [0.15, 0.2) is 107 Å². The van der Waals surface area contributed by atoms with Crippen molar-refractivity contribution in [2.45, 2.75) is 160 Å².